The van der Waals surface area contributed by atoms with Crippen LogP contribution < -0.4 is 5.32 Å². The number of carbonyl (C=O) groups excluding carboxylic acids is 1. The molecule has 1 N–H and O–H groups in total. The van der Waals surface area contributed by atoms with Crippen molar-refractivity contribution in [2.45, 2.75) is 10.3 Å². The first-order chi connectivity index (χ1) is 8.79. The number of hydrogen-bond acceptors (Lipinski definition) is 6. The first-order valence-electron chi connectivity index (χ1n) is 5.60. The van der Waals surface area contributed by atoms with Crippen molar-refractivity contribution in [3.05, 3.63) is 30.3 Å². The Morgan fingerprint density at radius 2 is 2.33 bits per heavy atom. The zero-order chi connectivity index (χ0) is 12.8. The van der Waals surface area contributed by atoms with E-state index in [-0.39, 0.29) is 5.37 Å². The lowest BCUT2D eigenvalue weighted by atomic mass is 10.4. The second kappa shape index (κ2) is 6.42. The molecule has 1 aromatic carbocycles. The lowest BCUT2D eigenvalue weighted by Gasteiger charge is -2.15. The third-order valence-electron chi connectivity index (χ3n) is 2.45. The van der Waals surface area contributed by atoms with Crippen molar-refractivity contribution in [2.75, 3.05) is 20.3 Å². The van der Waals surface area contributed by atoms with Crippen LogP contribution in [0.4, 0.5) is 0 Å². The molecule has 0 bridgehead atoms. The number of benzene rings is 1. The highest BCUT2D eigenvalue weighted by Crippen LogP contribution is 2.20. The molecule has 0 aromatic heterocycles. The highest BCUT2D eigenvalue weighted by molar-refractivity contribution is 8.00. The maximum absolute atomic E-state index is 11.0. The Morgan fingerprint density at radius 3 is 2.94 bits per heavy atom. The van der Waals surface area contributed by atoms with Crippen LogP contribution in [-0.4, -0.2) is 42.7 Å². The molecule has 0 spiro atoms. The second-order valence-corrected chi connectivity index (χ2v) is 5.05. The summed E-state index contributed by atoms with van der Waals surface area (Å²) in [6.07, 6.45) is 0.897. The molecule has 0 amide bonds. The predicted octanol–water partition coefficient (Wildman–Crippen LogP) is 1.13. The molecule has 1 heterocycles. The largest absolute Gasteiger partial charge is 0.372 e. The Bertz CT molecular complexity index is 425. The molecule has 0 saturated heterocycles. The van der Waals surface area contributed by atoms with Crippen LogP contribution in [0.15, 0.2) is 40.4 Å². The van der Waals surface area contributed by atoms with Gasteiger partial charge in [-0.05, 0) is 12.1 Å². The van der Waals surface area contributed by atoms with E-state index in [1.165, 1.54) is 11.8 Å². The summed E-state index contributed by atoms with van der Waals surface area (Å²) in [6, 6.07) is 9.81. The quantitative estimate of drug-likeness (QED) is 0.475. The van der Waals surface area contributed by atoms with Gasteiger partial charge < -0.3 is 14.5 Å². The van der Waals surface area contributed by atoms with Crippen molar-refractivity contribution in [1.82, 2.24) is 10.2 Å². The van der Waals surface area contributed by atoms with Crippen molar-refractivity contribution in [3.63, 3.8) is 0 Å². The van der Waals surface area contributed by atoms with E-state index in [1.807, 2.05) is 42.3 Å². The molecule has 1 aromatic rings. The van der Waals surface area contributed by atoms with Crippen LogP contribution in [-0.2, 0) is 9.63 Å². The van der Waals surface area contributed by atoms with E-state index >= 15 is 0 Å². The van der Waals surface area contributed by atoms with E-state index < -0.39 is 0 Å². The van der Waals surface area contributed by atoms with Crippen LogP contribution >= 0.6 is 11.8 Å². The minimum absolute atomic E-state index is 0.288. The monoisotopic (exact) mass is 265 g/mol. The van der Waals surface area contributed by atoms with Gasteiger partial charge in [-0.2, -0.15) is 0 Å². The number of likely N-dealkylation sites (N-methyl/N-ethyl adjacent to an activating group) is 1. The highest BCUT2D eigenvalue weighted by atomic mass is 32.2. The minimum atomic E-state index is -0.288. The van der Waals surface area contributed by atoms with Gasteiger partial charge in [-0.3, -0.25) is 5.32 Å². The van der Waals surface area contributed by atoms with Gasteiger partial charge in [-0.15, -0.1) is 0 Å². The molecular weight excluding hydrogens is 250 g/mol. The average molecular weight is 265 g/mol. The lowest BCUT2D eigenvalue weighted by molar-refractivity contribution is -0.107. The molecule has 1 atom stereocenters. The fourth-order valence-electron chi connectivity index (χ4n) is 1.46. The molecule has 18 heavy (non-hydrogen) atoms. The van der Waals surface area contributed by atoms with Crippen molar-refractivity contribution in [1.29, 1.82) is 0 Å². The van der Waals surface area contributed by atoms with Crippen molar-refractivity contribution in [3.8, 4) is 0 Å². The zero-order valence-corrected chi connectivity index (χ0v) is 10.9. The topological polar surface area (TPSA) is 53.9 Å². The van der Waals surface area contributed by atoms with E-state index in [0.29, 0.717) is 13.3 Å². The number of aldehydes is 1. The van der Waals surface area contributed by atoms with E-state index in [1.54, 1.807) is 0 Å². The predicted molar refractivity (Wildman–Crippen MR) is 71.3 cm³/mol. The van der Waals surface area contributed by atoms with Gasteiger partial charge in [0.1, 0.15) is 11.7 Å². The number of thioether (sulfide) groups is 1. The summed E-state index contributed by atoms with van der Waals surface area (Å²) in [5, 5.41) is 6.73. The molecule has 96 valence electrons. The Labute approximate surface area is 110 Å². The van der Waals surface area contributed by atoms with Crippen molar-refractivity contribution >= 4 is 23.9 Å². The van der Waals surface area contributed by atoms with Gasteiger partial charge in [0.15, 0.2) is 12.6 Å². The molecule has 0 saturated carbocycles. The van der Waals surface area contributed by atoms with E-state index in [9.17, 15) is 4.79 Å². The van der Waals surface area contributed by atoms with Crippen LogP contribution in [0.1, 0.15) is 0 Å². The number of amidine groups is 1. The molecule has 1 aliphatic heterocycles. The maximum Gasteiger partial charge on any atom is 0.190 e. The van der Waals surface area contributed by atoms with E-state index in [4.69, 9.17) is 4.84 Å². The normalized spacial score (nSPS) is 16.1. The molecule has 0 fully saturated rings. The average Bonchev–Trinajstić information content (AvgIpc) is 2.81. The first-order valence-corrected chi connectivity index (χ1v) is 6.48. The van der Waals surface area contributed by atoms with Crippen molar-refractivity contribution < 1.29 is 9.63 Å². The van der Waals surface area contributed by atoms with E-state index in [0.717, 1.165) is 17.0 Å². The number of nitrogens with zero attached hydrogens (tertiary/aromatic N) is 2. The number of carbonyl (C=O) groups is 1. The Morgan fingerprint density at radius 1 is 1.56 bits per heavy atom. The van der Waals surface area contributed by atoms with Crippen LogP contribution in [0.25, 0.3) is 0 Å². The third kappa shape index (κ3) is 3.48. The van der Waals surface area contributed by atoms with Gasteiger partial charge in [0.05, 0.1) is 6.54 Å². The number of rotatable bonds is 6. The fourth-order valence-corrected chi connectivity index (χ4v) is 2.29. The summed E-state index contributed by atoms with van der Waals surface area (Å²) in [5.74, 6) is 0.801. The highest BCUT2D eigenvalue weighted by Gasteiger charge is 2.16. The van der Waals surface area contributed by atoms with Gasteiger partial charge in [0.2, 0.25) is 0 Å². The summed E-state index contributed by atoms with van der Waals surface area (Å²) < 4.78 is 0. The molecule has 0 aliphatic carbocycles. The summed E-state index contributed by atoms with van der Waals surface area (Å²) in [6.45, 7) is 0.980. The van der Waals surface area contributed by atoms with Gasteiger partial charge in [-0.25, -0.2) is 0 Å². The Balaban J connectivity index is 1.84. The second-order valence-electron chi connectivity index (χ2n) is 3.83. The number of oxime groups is 1. The van der Waals surface area contributed by atoms with E-state index in [2.05, 4.69) is 10.5 Å². The maximum atomic E-state index is 11.0. The van der Waals surface area contributed by atoms with Crippen LogP contribution in [0.3, 0.4) is 0 Å². The first kappa shape index (κ1) is 12.9. The Hall–Kier alpha value is -1.53. The van der Waals surface area contributed by atoms with Crippen LogP contribution in [0.2, 0.25) is 0 Å². The summed E-state index contributed by atoms with van der Waals surface area (Å²) in [7, 11) is 1.90. The molecule has 0 radical (unpaired) electrons. The number of nitrogens with one attached hydrogen (secondary N) is 1. The Kier molecular flexibility index (Phi) is 4.60. The van der Waals surface area contributed by atoms with Gasteiger partial charge in [-0.1, -0.05) is 35.1 Å². The van der Waals surface area contributed by atoms with Crippen LogP contribution in [0, 0.1) is 0 Å². The smallest absolute Gasteiger partial charge is 0.190 e. The summed E-state index contributed by atoms with van der Waals surface area (Å²) >= 11 is 1.48. The fraction of sp³-hybridized carbons (Fsp3) is 0.333. The van der Waals surface area contributed by atoms with Crippen molar-refractivity contribution in [2.24, 2.45) is 5.16 Å². The van der Waals surface area contributed by atoms with Gasteiger partial charge in [0, 0.05) is 11.9 Å². The molecule has 6 heteroatoms. The zero-order valence-electron chi connectivity index (χ0n) is 10.1. The van der Waals surface area contributed by atoms with Gasteiger partial charge in [0.25, 0.3) is 0 Å². The molecule has 5 nitrogen and oxygen atoms in total. The number of hydrogen-bond donors (Lipinski definition) is 1. The summed E-state index contributed by atoms with van der Waals surface area (Å²) in [5.41, 5.74) is 0. The molecule has 1 unspecified atom stereocenters. The molecule has 1 aliphatic rings. The lowest BCUT2D eigenvalue weighted by Crippen LogP contribution is -2.37. The standard InChI is InChI=1S/C12H15N3O2S/c1-15-9-17-14-11(15)7-13-12(8-16)18-10-5-3-2-4-6-10/h2-6,8,12-13H,7,9H2,1H3. The minimum Gasteiger partial charge on any atom is -0.372 e. The molecule has 2 rings (SSSR count). The molecular formula is C12H15N3O2S. The summed E-state index contributed by atoms with van der Waals surface area (Å²) in [4.78, 5) is 18.9. The third-order valence-corrected chi connectivity index (χ3v) is 3.53. The van der Waals surface area contributed by atoms with Gasteiger partial charge >= 0.3 is 0 Å². The van der Waals surface area contributed by atoms with Crippen LogP contribution in [0.5, 0.6) is 0 Å². The SMILES string of the molecule is CN1CON=C1CNC(C=O)Sc1ccccc1.